The summed E-state index contributed by atoms with van der Waals surface area (Å²) in [4.78, 5) is 21.1. The van der Waals surface area contributed by atoms with E-state index in [0.29, 0.717) is 56.2 Å². The summed E-state index contributed by atoms with van der Waals surface area (Å²) in [5, 5.41) is 15.9. The molecule has 0 atom stereocenters. The number of rotatable bonds is 4. The molecule has 1 aliphatic rings. The van der Waals surface area contributed by atoms with Gasteiger partial charge in [0.1, 0.15) is 11.4 Å². The molecule has 7 nitrogen and oxygen atoms in total. The lowest BCUT2D eigenvalue weighted by atomic mass is 9.98. The van der Waals surface area contributed by atoms with Crippen LogP contribution in [0.3, 0.4) is 0 Å². The highest BCUT2D eigenvalue weighted by Gasteiger charge is 2.36. The van der Waals surface area contributed by atoms with Crippen LogP contribution in [0.15, 0.2) is 48.5 Å². The smallest absolute Gasteiger partial charge is 0.259 e. The zero-order valence-electron chi connectivity index (χ0n) is 18.3. The van der Waals surface area contributed by atoms with Gasteiger partial charge in [-0.1, -0.05) is 29.3 Å². The van der Waals surface area contributed by atoms with E-state index in [-0.39, 0.29) is 5.91 Å². The molecule has 2 heterocycles. The van der Waals surface area contributed by atoms with E-state index in [1.807, 2.05) is 13.8 Å². The molecule has 0 saturated heterocycles. The van der Waals surface area contributed by atoms with Crippen LogP contribution in [0.4, 0.5) is 17.3 Å². The quantitative estimate of drug-likeness (QED) is 0.304. The Balaban J connectivity index is 1.55. The minimum atomic E-state index is -0.481. The number of carbonyl (C=O) groups excluding carboxylic acids is 1. The number of fused-ring (bicyclic) bond motifs is 3. The SMILES string of the molecule is CC1(C)Cc2c(c(C(=O)Nc3ccc(C#N)cc3)cc3nc(Nc4c(Cl)cccc4Cl)[nH]c23)O1. The number of halogens is 2. The van der Waals surface area contributed by atoms with Gasteiger partial charge in [0, 0.05) is 17.7 Å². The fourth-order valence-corrected chi connectivity index (χ4v) is 4.50. The predicted octanol–water partition coefficient (Wildman–Crippen LogP) is 6.45. The second-order valence-electron chi connectivity index (χ2n) is 8.61. The first kappa shape index (κ1) is 22.1. The third kappa shape index (κ3) is 4.03. The van der Waals surface area contributed by atoms with E-state index in [1.54, 1.807) is 48.5 Å². The largest absolute Gasteiger partial charge is 0.486 e. The van der Waals surface area contributed by atoms with Gasteiger partial charge in [0.15, 0.2) is 0 Å². The van der Waals surface area contributed by atoms with Crippen LogP contribution in [0.2, 0.25) is 10.0 Å². The molecular formula is C25H19Cl2N5O2. The topological polar surface area (TPSA) is 103 Å². The Kier molecular flexibility index (Phi) is 5.35. The number of nitrogens with zero attached hydrogens (tertiary/aromatic N) is 2. The number of para-hydroxylation sites is 1. The van der Waals surface area contributed by atoms with E-state index in [2.05, 4.69) is 26.7 Å². The fourth-order valence-electron chi connectivity index (χ4n) is 4.01. The number of benzene rings is 3. The van der Waals surface area contributed by atoms with Crippen LogP contribution in [0, 0.1) is 11.3 Å². The maximum Gasteiger partial charge on any atom is 0.259 e. The molecule has 4 aromatic rings. The maximum atomic E-state index is 13.2. The first-order valence-electron chi connectivity index (χ1n) is 10.5. The van der Waals surface area contributed by atoms with Crippen molar-refractivity contribution in [1.29, 1.82) is 5.26 Å². The van der Waals surface area contributed by atoms with Gasteiger partial charge < -0.3 is 20.4 Å². The zero-order valence-corrected chi connectivity index (χ0v) is 19.8. The third-order valence-electron chi connectivity index (χ3n) is 5.54. The zero-order chi connectivity index (χ0) is 24.0. The van der Waals surface area contributed by atoms with Gasteiger partial charge in [-0.3, -0.25) is 4.79 Å². The number of aromatic nitrogens is 2. The number of amides is 1. The van der Waals surface area contributed by atoms with Crippen LogP contribution in [0.5, 0.6) is 5.75 Å². The normalized spacial score (nSPS) is 13.7. The van der Waals surface area contributed by atoms with Crippen molar-refractivity contribution in [2.45, 2.75) is 25.9 Å². The lowest BCUT2D eigenvalue weighted by molar-refractivity contribution is 0.101. The van der Waals surface area contributed by atoms with Crippen LogP contribution >= 0.6 is 23.2 Å². The minimum absolute atomic E-state index is 0.327. The molecule has 1 aliphatic heterocycles. The molecule has 0 fully saturated rings. The van der Waals surface area contributed by atoms with E-state index in [1.165, 1.54) is 0 Å². The van der Waals surface area contributed by atoms with Crippen molar-refractivity contribution in [3.05, 3.63) is 75.3 Å². The van der Waals surface area contributed by atoms with E-state index >= 15 is 0 Å². The predicted molar refractivity (Wildman–Crippen MR) is 133 cm³/mol. The Morgan fingerprint density at radius 2 is 1.88 bits per heavy atom. The second-order valence-corrected chi connectivity index (χ2v) is 9.43. The Labute approximate surface area is 205 Å². The summed E-state index contributed by atoms with van der Waals surface area (Å²) in [6.45, 7) is 3.94. The van der Waals surface area contributed by atoms with Crippen LogP contribution < -0.4 is 15.4 Å². The molecule has 34 heavy (non-hydrogen) atoms. The summed E-state index contributed by atoms with van der Waals surface area (Å²) in [5.41, 5.74) is 3.79. The number of carbonyl (C=O) groups is 1. The molecular weight excluding hydrogens is 473 g/mol. The van der Waals surface area contributed by atoms with Crippen molar-refractivity contribution in [2.24, 2.45) is 0 Å². The van der Waals surface area contributed by atoms with Crippen molar-refractivity contribution in [3.63, 3.8) is 0 Å². The third-order valence-corrected chi connectivity index (χ3v) is 6.17. The summed E-state index contributed by atoms with van der Waals surface area (Å²) in [7, 11) is 0. The van der Waals surface area contributed by atoms with Crippen molar-refractivity contribution in [3.8, 4) is 11.8 Å². The summed E-state index contributed by atoms with van der Waals surface area (Å²) in [6.07, 6.45) is 0.602. The first-order chi connectivity index (χ1) is 16.2. The van der Waals surface area contributed by atoms with Crippen molar-refractivity contribution >= 4 is 57.5 Å². The van der Waals surface area contributed by atoms with Gasteiger partial charge in [-0.05, 0) is 56.3 Å². The fraction of sp³-hybridized carbons (Fsp3) is 0.160. The van der Waals surface area contributed by atoms with Crippen molar-refractivity contribution in [2.75, 3.05) is 10.6 Å². The Morgan fingerprint density at radius 1 is 1.18 bits per heavy atom. The van der Waals surface area contributed by atoms with Gasteiger partial charge in [-0.15, -0.1) is 0 Å². The molecule has 0 aliphatic carbocycles. The van der Waals surface area contributed by atoms with Gasteiger partial charge in [0.05, 0.1) is 44.0 Å². The average Bonchev–Trinajstić information content (AvgIpc) is 3.35. The molecule has 3 aromatic carbocycles. The van der Waals surface area contributed by atoms with Crippen LogP contribution in [-0.4, -0.2) is 21.5 Å². The van der Waals surface area contributed by atoms with Crippen molar-refractivity contribution in [1.82, 2.24) is 9.97 Å². The van der Waals surface area contributed by atoms with E-state index in [4.69, 9.17) is 33.2 Å². The number of imidazole rings is 1. The molecule has 1 amide bonds. The number of H-pyrrole nitrogens is 1. The highest BCUT2D eigenvalue weighted by Crippen LogP contribution is 2.43. The summed E-state index contributed by atoms with van der Waals surface area (Å²) in [6, 6.07) is 15.7. The highest BCUT2D eigenvalue weighted by molar-refractivity contribution is 6.39. The summed E-state index contributed by atoms with van der Waals surface area (Å²) >= 11 is 12.6. The van der Waals surface area contributed by atoms with E-state index in [9.17, 15) is 4.79 Å². The second kappa shape index (κ2) is 8.24. The minimum Gasteiger partial charge on any atom is -0.486 e. The summed E-state index contributed by atoms with van der Waals surface area (Å²) < 4.78 is 6.18. The number of nitrogens with one attached hydrogen (secondary N) is 3. The Morgan fingerprint density at radius 3 is 2.56 bits per heavy atom. The molecule has 0 saturated carbocycles. The molecule has 170 valence electrons. The van der Waals surface area contributed by atoms with Crippen LogP contribution in [0.25, 0.3) is 11.0 Å². The van der Waals surface area contributed by atoms with Crippen LogP contribution in [-0.2, 0) is 6.42 Å². The monoisotopic (exact) mass is 491 g/mol. The number of hydrogen-bond acceptors (Lipinski definition) is 5. The number of nitriles is 1. The van der Waals surface area contributed by atoms with Gasteiger partial charge in [-0.25, -0.2) is 4.98 Å². The molecule has 0 spiro atoms. The molecule has 5 rings (SSSR count). The molecule has 0 unspecified atom stereocenters. The molecule has 9 heteroatoms. The van der Waals surface area contributed by atoms with E-state index in [0.717, 1.165) is 11.1 Å². The van der Waals surface area contributed by atoms with Crippen molar-refractivity contribution < 1.29 is 9.53 Å². The number of aromatic amines is 1. The average molecular weight is 492 g/mol. The number of ether oxygens (including phenoxy) is 1. The van der Waals surface area contributed by atoms with Crippen LogP contribution in [0.1, 0.15) is 35.3 Å². The Hall–Kier alpha value is -3.73. The highest BCUT2D eigenvalue weighted by atomic mass is 35.5. The lowest BCUT2D eigenvalue weighted by Gasteiger charge is -2.18. The molecule has 3 N–H and O–H groups in total. The lowest BCUT2D eigenvalue weighted by Crippen LogP contribution is -2.25. The summed E-state index contributed by atoms with van der Waals surface area (Å²) in [5.74, 6) is 0.642. The number of anilines is 3. The first-order valence-corrected chi connectivity index (χ1v) is 11.3. The Bertz CT molecular complexity index is 1470. The van der Waals surface area contributed by atoms with Gasteiger partial charge in [0.25, 0.3) is 5.91 Å². The molecule has 0 radical (unpaired) electrons. The van der Waals surface area contributed by atoms with Gasteiger partial charge >= 0.3 is 0 Å². The number of hydrogen-bond donors (Lipinski definition) is 3. The van der Waals surface area contributed by atoms with Gasteiger partial charge in [-0.2, -0.15) is 5.26 Å². The standard InChI is InChI=1S/C25H19Cl2N5O2/c1-25(2)11-16-20-19(30-24(31-20)32-21-17(26)4-3-5-18(21)27)10-15(22(16)34-25)23(33)29-14-8-6-13(12-28)7-9-14/h3-10H,11H2,1-2H3,(H,29,33)(H2,30,31,32). The van der Waals surface area contributed by atoms with Gasteiger partial charge in [0.2, 0.25) is 5.95 Å². The molecule has 0 bridgehead atoms. The van der Waals surface area contributed by atoms with E-state index < -0.39 is 5.60 Å². The maximum absolute atomic E-state index is 13.2. The molecule has 1 aromatic heterocycles.